The zero-order valence-corrected chi connectivity index (χ0v) is 19.3. The van der Waals surface area contributed by atoms with E-state index in [9.17, 15) is 9.90 Å². The molecule has 0 atom stereocenters. The van der Waals surface area contributed by atoms with E-state index in [0.29, 0.717) is 16.9 Å². The Labute approximate surface area is 203 Å². The van der Waals surface area contributed by atoms with Gasteiger partial charge in [-0.25, -0.2) is 4.98 Å². The molecule has 2 aliphatic heterocycles. The third kappa shape index (κ3) is 4.14. The van der Waals surface area contributed by atoms with Gasteiger partial charge in [0.05, 0.1) is 28.9 Å². The molecule has 176 valence electrons. The van der Waals surface area contributed by atoms with Crippen LogP contribution in [-0.2, 0) is 6.42 Å². The van der Waals surface area contributed by atoms with Gasteiger partial charge in [0.15, 0.2) is 5.65 Å². The zero-order chi connectivity index (χ0) is 23.8. The van der Waals surface area contributed by atoms with Gasteiger partial charge in [0.25, 0.3) is 5.91 Å². The summed E-state index contributed by atoms with van der Waals surface area (Å²) >= 11 is 0. The number of ether oxygens (including phenoxy) is 1. The summed E-state index contributed by atoms with van der Waals surface area (Å²) < 4.78 is 5.61. The molecule has 1 saturated heterocycles. The number of hydrogen-bond donors (Lipinski definition) is 2. The molecule has 1 amide bonds. The van der Waals surface area contributed by atoms with Crippen LogP contribution in [0, 0.1) is 0 Å². The smallest absolute Gasteiger partial charge is 0.254 e. The molecule has 4 aromatic rings. The highest BCUT2D eigenvalue weighted by Gasteiger charge is 2.24. The number of nitrogens with one attached hydrogen (secondary N) is 1. The molecular formula is C28H26N4O3. The average Bonchev–Trinajstić information content (AvgIpc) is 3.54. The number of pyridine rings is 1. The van der Waals surface area contributed by atoms with Crippen molar-refractivity contribution in [1.82, 2.24) is 20.1 Å². The van der Waals surface area contributed by atoms with E-state index in [1.54, 1.807) is 24.3 Å². The van der Waals surface area contributed by atoms with Crippen molar-refractivity contribution in [1.29, 1.82) is 0 Å². The number of amides is 1. The minimum absolute atomic E-state index is 0.00265. The highest BCUT2D eigenvalue weighted by Crippen LogP contribution is 2.30. The van der Waals surface area contributed by atoms with Crippen LogP contribution in [0.25, 0.3) is 34.4 Å². The summed E-state index contributed by atoms with van der Waals surface area (Å²) in [7, 11) is 0. The second-order valence-electron chi connectivity index (χ2n) is 9.09. The number of phenolic OH excluding ortho intramolecular Hbond substituents is 1. The van der Waals surface area contributed by atoms with Crippen LogP contribution in [0.5, 0.6) is 11.5 Å². The Hall–Kier alpha value is -4.13. The number of aromatic nitrogens is 3. The van der Waals surface area contributed by atoms with E-state index in [1.807, 2.05) is 35.3 Å². The summed E-state index contributed by atoms with van der Waals surface area (Å²) in [6.07, 6.45) is 8.09. The van der Waals surface area contributed by atoms with Crippen molar-refractivity contribution >= 4 is 29.1 Å². The lowest BCUT2D eigenvalue weighted by Gasteiger charge is -2.27. The third-order valence-electron chi connectivity index (χ3n) is 6.74. The Bertz CT molecular complexity index is 1430. The summed E-state index contributed by atoms with van der Waals surface area (Å²) in [4.78, 5) is 20.4. The minimum Gasteiger partial charge on any atom is -0.508 e. The van der Waals surface area contributed by atoms with Gasteiger partial charge in [0.1, 0.15) is 11.5 Å². The standard InChI is InChI=1S/C28H26N4O3/c33-21-8-6-19(7-9-21)24-17-22(28(34)32-13-2-1-3-14-32)26-23(30-31-27(26)29-24)10-4-18-5-11-25-20(16-18)12-15-35-25/h4-11,16-17,33H,1-3,12-15H2,(H,29,30,31)/b10-4+. The number of fused-ring (bicyclic) bond motifs is 2. The normalized spacial score (nSPS) is 15.5. The van der Waals surface area contributed by atoms with Crippen molar-refractivity contribution in [2.24, 2.45) is 0 Å². The second-order valence-corrected chi connectivity index (χ2v) is 9.09. The van der Waals surface area contributed by atoms with E-state index < -0.39 is 0 Å². The Morgan fingerprint density at radius 1 is 1.03 bits per heavy atom. The van der Waals surface area contributed by atoms with Gasteiger partial charge >= 0.3 is 0 Å². The van der Waals surface area contributed by atoms with Crippen molar-refractivity contribution in [2.45, 2.75) is 25.7 Å². The molecule has 0 radical (unpaired) electrons. The van der Waals surface area contributed by atoms with Gasteiger partial charge in [-0.05, 0) is 78.9 Å². The van der Waals surface area contributed by atoms with Crippen LogP contribution >= 0.6 is 0 Å². The number of aromatic amines is 1. The van der Waals surface area contributed by atoms with Crippen LogP contribution in [0.15, 0.2) is 48.5 Å². The Balaban J connectivity index is 1.43. The van der Waals surface area contributed by atoms with E-state index in [-0.39, 0.29) is 11.7 Å². The van der Waals surface area contributed by atoms with Crippen LogP contribution in [0.2, 0.25) is 0 Å². The monoisotopic (exact) mass is 466 g/mol. The first-order valence-corrected chi connectivity index (χ1v) is 12.1. The largest absolute Gasteiger partial charge is 0.508 e. The van der Waals surface area contributed by atoms with Crippen LogP contribution in [0.3, 0.4) is 0 Å². The van der Waals surface area contributed by atoms with E-state index in [1.165, 1.54) is 5.56 Å². The SMILES string of the molecule is O=C(c1cc(-c2ccc(O)cc2)nc2n[nH]c(/C=C/c3ccc4c(c3)CCO4)c12)N1CCCCC1. The molecule has 0 spiro atoms. The molecule has 0 bridgehead atoms. The van der Waals surface area contributed by atoms with E-state index in [2.05, 4.69) is 16.3 Å². The van der Waals surface area contributed by atoms with Crippen molar-refractivity contribution < 1.29 is 14.6 Å². The molecule has 7 heteroatoms. The summed E-state index contributed by atoms with van der Waals surface area (Å²) in [5.41, 5.74) is 5.59. The van der Waals surface area contributed by atoms with Crippen molar-refractivity contribution in [3.05, 3.63) is 70.9 Å². The number of rotatable bonds is 4. The molecule has 0 unspecified atom stereocenters. The van der Waals surface area contributed by atoms with Gasteiger partial charge in [-0.1, -0.05) is 12.1 Å². The number of likely N-dealkylation sites (tertiary alicyclic amines) is 1. The molecule has 4 heterocycles. The number of nitrogens with zero attached hydrogens (tertiary/aromatic N) is 3. The molecule has 6 rings (SSSR count). The van der Waals surface area contributed by atoms with Gasteiger partial charge in [0.2, 0.25) is 0 Å². The number of aromatic hydroxyl groups is 1. The van der Waals surface area contributed by atoms with Crippen LogP contribution < -0.4 is 4.74 Å². The average molecular weight is 467 g/mol. The molecule has 35 heavy (non-hydrogen) atoms. The van der Waals surface area contributed by atoms with Gasteiger partial charge < -0.3 is 14.7 Å². The summed E-state index contributed by atoms with van der Waals surface area (Å²) in [5, 5.41) is 17.9. The summed E-state index contributed by atoms with van der Waals surface area (Å²) in [6.45, 7) is 2.25. The fourth-order valence-electron chi connectivity index (χ4n) is 4.87. The molecule has 1 fully saturated rings. The molecule has 0 saturated carbocycles. The highest BCUT2D eigenvalue weighted by molar-refractivity contribution is 6.09. The van der Waals surface area contributed by atoms with E-state index in [4.69, 9.17) is 9.72 Å². The quantitative estimate of drug-likeness (QED) is 0.439. The number of hydrogen-bond acceptors (Lipinski definition) is 5. The van der Waals surface area contributed by atoms with Gasteiger partial charge in [0, 0.05) is 25.1 Å². The Morgan fingerprint density at radius 3 is 2.69 bits per heavy atom. The van der Waals surface area contributed by atoms with Gasteiger partial charge in [-0.15, -0.1) is 0 Å². The van der Waals surface area contributed by atoms with Gasteiger partial charge in [-0.2, -0.15) is 5.10 Å². The maximum Gasteiger partial charge on any atom is 0.254 e. The maximum atomic E-state index is 13.7. The third-order valence-corrected chi connectivity index (χ3v) is 6.74. The Morgan fingerprint density at radius 2 is 1.86 bits per heavy atom. The zero-order valence-electron chi connectivity index (χ0n) is 19.3. The Kier molecular flexibility index (Phi) is 5.45. The first-order chi connectivity index (χ1) is 17.2. The maximum absolute atomic E-state index is 13.7. The number of H-pyrrole nitrogens is 1. The van der Waals surface area contributed by atoms with Gasteiger partial charge in [-0.3, -0.25) is 9.89 Å². The fourth-order valence-corrected chi connectivity index (χ4v) is 4.87. The summed E-state index contributed by atoms with van der Waals surface area (Å²) in [5.74, 6) is 1.14. The lowest BCUT2D eigenvalue weighted by Crippen LogP contribution is -2.35. The number of phenols is 1. The number of carbonyl (C=O) groups is 1. The van der Waals surface area contributed by atoms with E-state index >= 15 is 0 Å². The first kappa shape index (κ1) is 21.4. The summed E-state index contributed by atoms with van der Waals surface area (Å²) in [6, 6.07) is 14.8. The predicted octanol–water partition coefficient (Wildman–Crippen LogP) is 5.06. The molecule has 0 aliphatic carbocycles. The lowest BCUT2D eigenvalue weighted by molar-refractivity contribution is 0.0726. The number of benzene rings is 2. The van der Waals surface area contributed by atoms with Crippen LogP contribution in [0.1, 0.15) is 46.4 Å². The highest BCUT2D eigenvalue weighted by atomic mass is 16.5. The molecule has 2 aromatic heterocycles. The molecular weight excluding hydrogens is 440 g/mol. The molecule has 7 nitrogen and oxygen atoms in total. The minimum atomic E-state index is 0.00265. The molecule has 2 N–H and O–H groups in total. The number of piperidine rings is 1. The predicted molar refractivity (Wildman–Crippen MR) is 135 cm³/mol. The second kappa shape index (κ2) is 8.91. The topological polar surface area (TPSA) is 91.3 Å². The fraction of sp³-hybridized carbons (Fsp3) is 0.250. The van der Waals surface area contributed by atoms with Crippen LogP contribution in [0.4, 0.5) is 0 Å². The lowest BCUT2D eigenvalue weighted by atomic mass is 10.0. The van der Waals surface area contributed by atoms with Crippen molar-refractivity contribution in [3.63, 3.8) is 0 Å². The van der Waals surface area contributed by atoms with E-state index in [0.717, 1.165) is 73.3 Å². The van der Waals surface area contributed by atoms with Crippen molar-refractivity contribution in [2.75, 3.05) is 19.7 Å². The molecule has 2 aliphatic rings. The first-order valence-electron chi connectivity index (χ1n) is 12.1. The van der Waals surface area contributed by atoms with Crippen molar-refractivity contribution in [3.8, 4) is 22.8 Å². The molecule has 2 aromatic carbocycles. The van der Waals surface area contributed by atoms with Crippen LogP contribution in [-0.4, -0.2) is 50.8 Å². The number of carbonyl (C=O) groups excluding carboxylic acids is 1.